The number of rotatable bonds is 4. The highest BCUT2D eigenvalue weighted by Crippen LogP contribution is 2.15. The van der Waals surface area contributed by atoms with E-state index in [4.69, 9.17) is 4.74 Å². The van der Waals surface area contributed by atoms with Crippen LogP contribution in [0.5, 0.6) is 0 Å². The maximum atomic E-state index is 11.7. The Morgan fingerprint density at radius 2 is 2.44 bits per heavy atom. The van der Waals surface area contributed by atoms with Gasteiger partial charge in [-0.15, -0.1) is 0 Å². The maximum absolute atomic E-state index is 11.7. The van der Waals surface area contributed by atoms with Crippen LogP contribution in [0.25, 0.3) is 0 Å². The largest absolute Gasteiger partial charge is 0.373 e. The molecule has 0 spiro atoms. The fourth-order valence-corrected chi connectivity index (χ4v) is 2.20. The molecule has 18 heavy (non-hydrogen) atoms. The van der Waals surface area contributed by atoms with Gasteiger partial charge in [0.1, 0.15) is 5.69 Å². The summed E-state index contributed by atoms with van der Waals surface area (Å²) in [5.74, 6) is -0.0486. The Labute approximate surface area is 108 Å². The zero-order chi connectivity index (χ0) is 13.0. The van der Waals surface area contributed by atoms with Crippen molar-refractivity contribution in [1.29, 1.82) is 0 Å². The molecule has 0 aliphatic carbocycles. The van der Waals surface area contributed by atoms with Crippen LogP contribution in [0.2, 0.25) is 0 Å². The van der Waals surface area contributed by atoms with Gasteiger partial charge in [0.2, 0.25) is 0 Å². The number of carbonyl (C=O) groups excluding carboxylic acids is 1. The molecular formula is C13H21N3O2. The van der Waals surface area contributed by atoms with Crippen LogP contribution in [0.3, 0.4) is 0 Å². The molecule has 1 amide bonds. The highest BCUT2D eigenvalue weighted by atomic mass is 16.5. The Morgan fingerprint density at radius 1 is 1.61 bits per heavy atom. The summed E-state index contributed by atoms with van der Waals surface area (Å²) in [4.78, 5) is 16.9. The normalized spacial score (nSPS) is 19.7. The summed E-state index contributed by atoms with van der Waals surface area (Å²) >= 11 is 0. The Hall–Kier alpha value is -1.33. The van der Waals surface area contributed by atoms with E-state index in [0.29, 0.717) is 12.2 Å². The van der Waals surface area contributed by atoms with Crippen molar-refractivity contribution in [2.45, 2.75) is 19.4 Å². The van der Waals surface area contributed by atoms with E-state index < -0.39 is 0 Å². The highest BCUT2D eigenvalue weighted by Gasteiger charge is 2.26. The van der Waals surface area contributed by atoms with E-state index in [2.05, 4.69) is 29.0 Å². The number of carbonyl (C=O) groups is 1. The van der Waals surface area contributed by atoms with E-state index in [9.17, 15) is 4.79 Å². The van der Waals surface area contributed by atoms with Gasteiger partial charge in [0, 0.05) is 32.4 Å². The van der Waals surface area contributed by atoms with E-state index in [0.717, 1.165) is 26.2 Å². The second-order valence-electron chi connectivity index (χ2n) is 5.22. The predicted octanol–water partition coefficient (Wildman–Crippen LogP) is 0.855. The lowest BCUT2D eigenvalue weighted by Crippen LogP contribution is -2.50. The van der Waals surface area contributed by atoms with Gasteiger partial charge in [0.15, 0.2) is 0 Å². The van der Waals surface area contributed by atoms with Crippen LogP contribution in [0.15, 0.2) is 18.3 Å². The number of hydrogen-bond acceptors (Lipinski definition) is 3. The van der Waals surface area contributed by atoms with Crippen molar-refractivity contribution in [1.82, 2.24) is 15.2 Å². The molecule has 1 aliphatic heterocycles. The summed E-state index contributed by atoms with van der Waals surface area (Å²) in [5.41, 5.74) is 0.527. The minimum atomic E-state index is -0.0816. The maximum Gasteiger partial charge on any atom is 0.267 e. The first-order valence-corrected chi connectivity index (χ1v) is 6.35. The van der Waals surface area contributed by atoms with Gasteiger partial charge >= 0.3 is 0 Å². The number of amides is 1. The number of aromatic nitrogens is 1. The first-order chi connectivity index (χ1) is 8.57. The number of H-pyrrole nitrogens is 1. The summed E-state index contributed by atoms with van der Waals surface area (Å²) in [6.45, 7) is 8.31. The summed E-state index contributed by atoms with van der Waals surface area (Å²) in [6, 6.07) is 3.59. The molecule has 0 saturated carbocycles. The van der Waals surface area contributed by atoms with Gasteiger partial charge in [0.25, 0.3) is 5.91 Å². The van der Waals surface area contributed by atoms with E-state index >= 15 is 0 Å². The molecule has 5 heteroatoms. The van der Waals surface area contributed by atoms with Crippen LogP contribution in [0.4, 0.5) is 0 Å². The standard InChI is InChI=1S/C13H21N3O2/c1-13(2)10-16(8-9-18-13)7-6-15-12(17)11-4-3-5-14-11/h3-5,14H,6-10H2,1-2H3,(H,15,17). The number of aromatic amines is 1. The first kappa shape index (κ1) is 13.1. The molecule has 0 unspecified atom stereocenters. The van der Waals surface area contributed by atoms with Crippen LogP contribution < -0.4 is 5.32 Å². The van der Waals surface area contributed by atoms with Crippen molar-refractivity contribution in [2.75, 3.05) is 32.8 Å². The molecule has 1 saturated heterocycles. The molecule has 2 rings (SSSR count). The minimum absolute atomic E-state index is 0.0486. The van der Waals surface area contributed by atoms with E-state index in [-0.39, 0.29) is 11.5 Å². The van der Waals surface area contributed by atoms with Gasteiger partial charge in [-0.25, -0.2) is 0 Å². The lowest BCUT2D eigenvalue weighted by molar-refractivity contribution is -0.0853. The molecular weight excluding hydrogens is 230 g/mol. The Bertz CT molecular complexity index is 387. The van der Waals surface area contributed by atoms with Crippen LogP contribution in [0.1, 0.15) is 24.3 Å². The van der Waals surface area contributed by atoms with Gasteiger partial charge < -0.3 is 15.0 Å². The fourth-order valence-electron chi connectivity index (χ4n) is 2.20. The average Bonchev–Trinajstić information content (AvgIpc) is 2.81. The van der Waals surface area contributed by atoms with Crippen molar-refractivity contribution in [2.24, 2.45) is 0 Å². The van der Waals surface area contributed by atoms with E-state index in [1.54, 1.807) is 12.3 Å². The number of morpholine rings is 1. The molecule has 1 aromatic rings. The van der Waals surface area contributed by atoms with E-state index in [1.807, 2.05) is 6.07 Å². The van der Waals surface area contributed by atoms with Gasteiger partial charge in [-0.3, -0.25) is 9.69 Å². The molecule has 1 aliphatic rings. The molecule has 0 radical (unpaired) electrons. The molecule has 5 nitrogen and oxygen atoms in total. The van der Waals surface area contributed by atoms with Crippen molar-refractivity contribution < 1.29 is 9.53 Å². The molecule has 1 fully saturated rings. The highest BCUT2D eigenvalue weighted by molar-refractivity contribution is 5.92. The first-order valence-electron chi connectivity index (χ1n) is 6.35. The third-order valence-electron chi connectivity index (χ3n) is 3.06. The summed E-state index contributed by atoms with van der Waals surface area (Å²) in [7, 11) is 0. The number of hydrogen-bond donors (Lipinski definition) is 2. The SMILES string of the molecule is CC1(C)CN(CCNC(=O)c2ccc[nH]2)CCO1. The molecule has 0 atom stereocenters. The topological polar surface area (TPSA) is 57.4 Å². The molecule has 0 aromatic carbocycles. The van der Waals surface area contributed by atoms with Crippen molar-refractivity contribution in [3.63, 3.8) is 0 Å². The van der Waals surface area contributed by atoms with Crippen molar-refractivity contribution in [3.8, 4) is 0 Å². The Kier molecular flexibility index (Phi) is 4.04. The van der Waals surface area contributed by atoms with Crippen LogP contribution >= 0.6 is 0 Å². The quantitative estimate of drug-likeness (QED) is 0.834. The fraction of sp³-hybridized carbons (Fsp3) is 0.615. The molecule has 2 N–H and O–H groups in total. The monoisotopic (exact) mass is 251 g/mol. The van der Waals surface area contributed by atoms with E-state index in [1.165, 1.54) is 0 Å². The summed E-state index contributed by atoms with van der Waals surface area (Å²) in [6.07, 6.45) is 1.75. The second-order valence-corrected chi connectivity index (χ2v) is 5.22. The Morgan fingerprint density at radius 3 is 3.11 bits per heavy atom. The Balaban J connectivity index is 1.71. The van der Waals surface area contributed by atoms with Crippen molar-refractivity contribution >= 4 is 5.91 Å². The zero-order valence-electron chi connectivity index (χ0n) is 11.0. The third kappa shape index (κ3) is 3.58. The van der Waals surface area contributed by atoms with Gasteiger partial charge in [-0.2, -0.15) is 0 Å². The average molecular weight is 251 g/mol. The lowest BCUT2D eigenvalue weighted by atomic mass is 10.1. The van der Waals surface area contributed by atoms with Crippen LogP contribution in [0, 0.1) is 0 Å². The predicted molar refractivity (Wildman–Crippen MR) is 69.6 cm³/mol. The molecule has 100 valence electrons. The number of nitrogens with one attached hydrogen (secondary N) is 2. The molecule has 0 bridgehead atoms. The van der Waals surface area contributed by atoms with Gasteiger partial charge in [0.05, 0.1) is 12.2 Å². The second kappa shape index (κ2) is 5.54. The number of nitrogens with zero attached hydrogens (tertiary/aromatic N) is 1. The number of ether oxygens (including phenoxy) is 1. The summed E-state index contributed by atoms with van der Waals surface area (Å²) < 4.78 is 5.65. The zero-order valence-corrected chi connectivity index (χ0v) is 11.0. The smallest absolute Gasteiger partial charge is 0.267 e. The van der Waals surface area contributed by atoms with Gasteiger partial charge in [-0.05, 0) is 26.0 Å². The van der Waals surface area contributed by atoms with Crippen molar-refractivity contribution in [3.05, 3.63) is 24.0 Å². The summed E-state index contributed by atoms with van der Waals surface area (Å²) in [5, 5.41) is 2.91. The van der Waals surface area contributed by atoms with Gasteiger partial charge in [-0.1, -0.05) is 0 Å². The third-order valence-corrected chi connectivity index (χ3v) is 3.06. The van der Waals surface area contributed by atoms with Crippen LogP contribution in [-0.4, -0.2) is 54.2 Å². The molecule has 2 heterocycles. The lowest BCUT2D eigenvalue weighted by Gasteiger charge is -2.38. The minimum Gasteiger partial charge on any atom is -0.373 e. The van der Waals surface area contributed by atoms with Crippen LogP contribution in [-0.2, 0) is 4.74 Å². The molecule has 1 aromatic heterocycles.